The van der Waals surface area contributed by atoms with Crippen LogP contribution in [0.4, 0.5) is 0 Å². The Morgan fingerprint density at radius 1 is 1.71 bits per heavy atom. The standard InChI is InChI=1S/C11H19NO2/c1-4-12(3)8-6-10(7-9-12)11(13)14-5-2/h6H,1,4-5,7-9H2,2-3H3/q+1. The molecule has 0 aromatic heterocycles. The number of ether oxygens (including phenoxy) is 1. The lowest BCUT2D eigenvalue weighted by molar-refractivity contribution is -0.900. The van der Waals surface area contributed by atoms with Gasteiger partial charge in [-0.15, -0.1) is 0 Å². The topological polar surface area (TPSA) is 26.3 Å². The van der Waals surface area contributed by atoms with Gasteiger partial charge in [0.05, 0.1) is 33.3 Å². The molecule has 1 unspecified atom stereocenters. The zero-order valence-corrected chi connectivity index (χ0v) is 9.08. The lowest BCUT2D eigenvalue weighted by atomic mass is 10.1. The summed E-state index contributed by atoms with van der Waals surface area (Å²) in [6.45, 7) is 8.94. The van der Waals surface area contributed by atoms with Crippen molar-refractivity contribution in [3.8, 4) is 0 Å². The minimum absolute atomic E-state index is 0.150. The van der Waals surface area contributed by atoms with Gasteiger partial charge in [-0.2, -0.15) is 0 Å². The number of likely N-dealkylation sites (N-methyl/N-ethyl adjacent to an activating group) is 1. The van der Waals surface area contributed by atoms with E-state index in [1.54, 1.807) is 0 Å². The highest BCUT2D eigenvalue weighted by Crippen LogP contribution is 2.17. The summed E-state index contributed by atoms with van der Waals surface area (Å²) in [6, 6.07) is 0. The van der Waals surface area contributed by atoms with Crippen LogP contribution in [0.2, 0.25) is 0 Å². The molecule has 14 heavy (non-hydrogen) atoms. The normalized spacial score (nSPS) is 26.9. The molecule has 1 heterocycles. The van der Waals surface area contributed by atoms with Crippen LogP contribution in [-0.2, 0) is 9.53 Å². The van der Waals surface area contributed by atoms with E-state index in [1.807, 2.05) is 13.0 Å². The van der Waals surface area contributed by atoms with E-state index in [1.165, 1.54) is 0 Å². The molecule has 1 rings (SSSR count). The third-order valence-electron chi connectivity index (χ3n) is 2.78. The number of esters is 1. The highest BCUT2D eigenvalue weighted by Gasteiger charge is 2.25. The maximum atomic E-state index is 11.4. The second-order valence-electron chi connectivity index (χ2n) is 3.95. The van der Waals surface area contributed by atoms with E-state index in [9.17, 15) is 4.79 Å². The molecule has 0 N–H and O–H groups in total. The molecule has 0 bridgehead atoms. The van der Waals surface area contributed by atoms with Gasteiger partial charge in [0, 0.05) is 18.9 Å². The molecule has 79 valence electrons. The van der Waals surface area contributed by atoms with E-state index in [0.29, 0.717) is 6.61 Å². The Morgan fingerprint density at radius 2 is 2.43 bits per heavy atom. The van der Waals surface area contributed by atoms with Gasteiger partial charge in [0.25, 0.3) is 0 Å². The number of hydrogen-bond acceptors (Lipinski definition) is 2. The summed E-state index contributed by atoms with van der Waals surface area (Å²) in [6.07, 6.45) is 2.80. The van der Waals surface area contributed by atoms with Gasteiger partial charge in [0.15, 0.2) is 0 Å². The minimum atomic E-state index is -0.150. The van der Waals surface area contributed by atoms with E-state index in [0.717, 1.165) is 36.1 Å². The molecule has 1 radical (unpaired) electrons. The van der Waals surface area contributed by atoms with E-state index >= 15 is 0 Å². The zero-order valence-electron chi connectivity index (χ0n) is 9.08. The van der Waals surface area contributed by atoms with Gasteiger partial charge in [0.1, 0.15) is 0 Å². The third kappa shape index (κ3) is 2.58. The summed E-state index contributed by atoms with van der Waals surface area (Å²) in [7, 11) is 2.16. The maximum Gasteiger partial charge on any atom is 0.334 e. The van der Waals surface area contributed by atoms with Crippen molar-refractivity contribution in [3.63, 3.8) is 0 Å². The average Bonchev–Trinajstić information content (AvgIpc) is 2.19. The Hall–Kier alpha value is -0.830. The number of carbonyl (C=O) groups is 1. The van der Waals surface area contributed by atoms with Crippen LogP contribution in [0.3, 0.4) is 0 Å². The quantitative estimate of drug-likeness (QED) is 0.501. The summed E-state index contributed by atoms with van der Waals surface area (Å²) >= 11 is 0. The van der Waals surface area contributed by atoms with Gasteiger partial charge in [-0.25, -0.2) is 4.79 Å². The second kappa shape index (κ2) is 4.60. The Bertz CT molecular complexity index is 248. The molecule has 0 amide bonds. The van der Waals surface area contributed by atoms with Crippen molar-refractivity contribution >= 4 is 5.97 Å². The first-order chi connectivity index (χ1) is 6.61. The van der Waals surface area contributed by atoms with Crippen molar-refractivity contribution in [3.05, 3.63) is 18.6 Å². The van der Waals surface area contributed by atoms with Gasteiger partial charge in [-0.05, 0) is 13.0 Å². The first-order valence-electron chi connectivity index (χ1n) is 5.10. The molecule has 0 aromatic rings. The van der Waals surface area contributed by atoms with E-state index in [2.05, 4.69) is 14.0 Å². The predicted molar refractivity (Wildman–Crippen MR) is 55.5 cm³/mol. The Morgan fingerprint density at radius 3 is 2.86 bits per heavy atom. The molecule has 0 saturated carbocycles. The number of quaternary nitrogens is 1. The molecule has 3 heteroatoms. The average molecular weight is 197 g/mol. The van der Waals surface area contributed by atoms with Crippen molar-refractivity contribution in [2.45, 2.75) is 13.3 Å². The number of hydrogen-bond donors (Lipinski definition) is 0. The monoisotopic (exact) mass is 197 g/mol. The van der Waals surface area contributed by atoms with Gasteiger partial charge >= 0.3 is 5.97 Å². The van der Waals surface area contributed by atoms with Crippen molar-refractivity contribution in [1.29, 1.82) is 0 Å². The largest absolute Gasteiger partial charge is 0.463 e. The fourth-order valence-electron chi connectivity index (χ4n) is 1.53. The third-order valence-corrected chi connectivity index (χ3v) is 2.78. The van der Waals surface area contributed by atoms with Crippen molar-refractivity contribution in [2.24, 2.45) is 0 Å². The molecule has 0 aliphatic carbocycles. The molecular weight excluding hydrogens is 178 g/mol. The minimum Gasteiger partial charge on any atom is -0.463 e. The summed E-state index contributed by atoms with van der Waals surface area (Å²) in [5.74, 6) is -0.150. The molecular formula is C11H19NO2+. The summed E-state index contributed by atoms with van der Waals surface area (Å²) in [5, 5.41) is 0. The zero-order chi connectivity index (χ0) is 10.6. The van der Waals surface area contributed by atoms with Crippen LogP contribution in [0.25, 0.3) is 0 Å². The maximum absolute atomic E-state index is 11.4. The van der Waals surface area contributed by atoms with Crippen molar-refractivity contribution in [1.82, 2.24) is 0 Å². The smallest absolute Gasteiger partial charge is 0.334 e. The fraction of sp³-hybridized carbons (Fsp3) is 0.636. The lowest BCUT2D eigenvalue weighted by Crippen LogP contribution is -2.47. The van der Waals surface area contributed by atoms with Gasteiger partial charge < -0.3 is 9.22 Å². The molecule has 1 aliphatic heterocycles. The Balaban J connectivity index is 2.57. The molecule has 3 nitrogen and oxygen atoms in total. The highest BCUT2D eigenvalue weighted by molar-refractivity contribution is 5.88. The summed E-state index contributed by atoms with van der Waals surface area (Å²) in [4.78, 5) is 11.4. The van der Waals surface area contributed by atoms with E-state index in [-0.39, 0.29) is 5.97 Å². The first-order valence-corrected chi connectivity index (χ1v) is 5.10. The number of nitrogens with zero attached hydrogens (tertiary/aromatic N) is 1. The van der Waals surface area contributed by atoms with Crippen LogP contribution in [0.1, 0.15) is 13.3 Å². The van der Waals surface area contributed by atoms with Crippen LogP contribution in [0, 0.1) is 6.92 Å². The molecule has 0 fully saturated rings. The SMILES string of the molecule is [CH2]C[N+]1(C)CC=C(C(=O)OCC)CC1. The number of rotatable bonds is 3. The predicted octanol–water partition coefficient (Wildman–Crippen LogP) is 1.16. The molecule has 1 atom stereocenters. The van der Waals surface area contributed by atoms with Crippen molar-refractivity contribution in [2.75, 3.05) is 33.3 Å². The lowest BCUT2D eigenvalue weighted by Gasteiger charge is -2.35. The van der Waals surface area contributed by atoms with Crippen LogP contribution >= 0.6 is 0 Å². The summed E-state index contributed by atoms with van der Waals surface area (Å²) in [5.41, 5.74) is 0.830. The van der Waals surface area contributed by atoms with Gasteiger partial charge in [-0.1, -0.05) is 0 Å². The van der Waals surface area contributed by atoms with Crippen LogP contribution in [-0.4, -0.2) is 43.7 Å². The van der Waals surface area contributed by atoms with Gasteiger partial charge in [-0.3, -0.25) is 0 Å². The molecule has 1 aliphatic rings. The van der Waals surface area contributed by atoms with Crippen LogP contribution < -0.4 is 0 Å². The second-order valence-corrected chi connectivity index (χ2v) is 3.95. The van der Waals surface area contributed by atoms with Crippen LogP contribution in [0.15, 0.2) is 11.6 Å². The summed E-state index contributed by atoms with van der Waals surface area (Å²) < 4.78 is 5.87. The van der Waals surface area contributed by atoms with Crippen molar-refractivity contribution < 1.29 is 14.0 Å². The fourth-order valence-corrected chi connectivity index (χ4v) is 1.53. The van der Waals surface area contributed by atoms with Gasteiger partial charge in [0.2, 0.25) is 0 Å². The molecule has 0 saturated heterocycles. The van der Waals surface area contributed by atoms with Crippen LogP contribution in [0.5, 0.6) is 0 Å². The van der Waals surface area contributed by atoms with E-state index < -0.39 is 0 Å². The Labute approximate surface area is 85.9 Å². The highest BCUT2D eigenvalue weighted by atomic mass is 16.5. The first kappa shape index (κ1) is 11.2. The number of carbonyl (C=O) groups excluding carboxylic acids is 1. The Kier molecular flexibility index (Phi) is 3.69. The molecule has 0 aromatic carbocycles. The molecule has 0 spiro atoms. The van der Waals surface area contributed by atoms with E-state index in [4.69, 9.17) is 4.74 Å².